The van der Waals surface area contributed by atoms with Gasteiger partial charge in [-0.15, -0.1) is 23.1 Å². The summed E-state index contributed by atoms with van der Waals surface area (Å²) < 4.78 is 13.1. The van der Waals surface area contributed by atoms with Gasteiger partial charge in [-0.3, -0.25) is 4.79 Å². The fraction of sp³-hybridized carbons (Fsp3) is 0.105. The van der Waals surface area contributed by atoms with Crippen LogP contribution in [0.2, 0.25) is 0 Å². The zero-order valence-electron chi connectivity index (χ0n) is 13.0. The molecule has 1 amide bonds. The van der Waals surface area contributed by atoms with Crippen LogP contribution in [0.25, 0.3) is 10.4 Å². The Hall–Kier alpha value is -2.11. The smallest absolute Gasteiger partial charge is 0.268 e. The highest BCUT2D eigenvalue weighted by molar-refractivity contribution is 7.98. The van der Waals surface area contributed by atoms with Crippen LogP contribution in [0.3, 0.4) is 0 Å². The second-order valence-corrected chi connectivity index (χ2v) is 7.66. The summed E-state index contributed by atoms with van der Waals surface area (Å²) in [6.45, 7) is 0. The fourth-order valence-corrected chi connectivity index (χ4v) is 5.14. The lowest BCUT2D eigenvalue weighted by molar-refractivity contribution is 0.0997. The van der Waals surface area contributed by atoms with Crippen LogP contribution >= 0.6 is 23.1 Å². The van der Waals surface area contributed by atoms with Gasteiger partial charge in [0.15, 0.2) is 0 Å². The normalized spacial score (nSPS) is 12.4. The minimum absolute atomic E-state index is 0.0662. The minimum atomic E-state index is -0.306. The number of carbonyl (C=O) groups is 1. The molecule has 1 aliphatic rings. The lowest BCUT2D eigenvalue weighted by atomic mass is 10.1. The number of fused-ring (bicyclic) bond motifs is 3. The van der Waals surface area contributed by atoms with Crippen LogP contribution in [0.5, 0.6) is 0 Å². The zero-order valence-corrected chi connectivity index (χ0v) is 14.6. The number of hydrogen-bond donors (Lipinski definition) is 0. The Bertz CT molecular complexity index is 917. The molecular formula is C19H14FNOS2. The molecule has 3 aromatic rings. The average molecular weight is 355 g/mol. The van der Waals surface area contributed by atoms with Crippen molar-refractivity contribution in [3.63, 3.8) is 0 Å². The van der Waals surface area contributed by atoms with Gasteiger partial charge in [0.1, 0.15) is 5.82 Å². The van der Waals surface area contributed by atoms with E-state index in [0.717, 1.165) is 5.75 Å². The van der Waals surface area contributed by atoms with Crippen molar-refractivity contribution in [2.45, 2.75) is 10.6 Å². The van der Waals surface area contributed by atoms with Gasteiger partial charge in [0.05, 0.1) is 4.88 Å². The molecule has 1 aromatic heterocycles. The molecule has 2 aromatic carbocycles. The van der Waals surface area contributed by atoms with E-state index in [0.29, 0.717) is 10.6 Å². The number of thiophene rings is 1. The van der Waals surface area contributed by atoms with Gasteiger partial charge in [0.2, 0.25) is 0 Å². The maximum absolute atomic E-state index is 13.1. The third kappa shape index (κ3) is 2.64. The molecule has 120 valence electrons. The summed E-state index contributed by atoms with van der Waals surface area (Å²) in [6, 6.07) is 16.3. The summed E-state index contributed by atoms with van der Waals surface area (Å²) >= 11 is 3.34. The molecule has 2 heterocycles. The van der Waals surface area contributed by atoms with Crippen LogP contribution in [0.1, 0.15) is 15.2 Å². The SMILES string of the molecule is CN(C(=O)c1cc2c(s1)-c1ccccc1SC2)c1ccc(F)cc1. The first-order valence-electron chi connectivity index (χ1n) is 7.52. The molecule has 0 atom stereocenters. The van der Waals surface area contributed by atoms with Crippen LogP contribution in [0.4, 0.5) is 10.1 Å². The van der Waals surface area contributed by atoms with Gasteiger partial charge in [-0.25, -0.2) is 4.39 Å². The van der Waals surface area contributed by atoms with Crippen molar-refractivity contribution in [2.24, 2.45) is 0 Å². The molecule has 0 spiro atoms. The molecule has 0 radical (unpaired) electrons. The molecule has 5 heteroatoms. The van der Waals surface area contributed by atoms with Gasteiger partial charge in [-0.1, -0.05) is 18.2 Å². The zero-order chi connectivity index (χ0) is 16.7. The third-order valence-corrected chi connectivity index (χ3v) is 6.37. The Labute approximate surface area is 147 Å². The maximum Gasteiger partial charge on any atom is 0.268 e. The van der Waals surface area contributed by atoms with Gasteiger partial charge >= 0.3 is 0 Å². The Morgan fingerprint density at radius 3 is 2.67 bits per heavy atom. The second kappa shape index (κ2) is 6.07. The fourth-order valence-electron chi connectivity index (χ4n) is 2.75. The summed E-state index contributed by atoms with van der Waals surface area (Å²) in [5, 5.41) is 0. The Morgan fingerprint density at radius 1 is 1.12 bits per heavy atom. The van der Waals surface area contributed by atoms with E-state index in [4.69, 9.17) is 0 Å². The average Bonchev–Trinajstić information content (AvgIpc) is 3.06. The van der Waals surface area contributed by atoms with E-state index in [2.05, 4.69) is 12.1 Å². The van der Waals surface area contributed by atoms with Crippen molar-refractivity contribution < 1.29 is 9.18 Å². The number of nitrogens with zero attached hydrogens (tertiary/aromatic N) is 1. The first kappa shape index (κ1) is 15.4. The van der Waals surface area contributed by atoms with E-state index in [9.17, 15) is 9.18 Å². The molecule has 4 rings (SSSR count). The largest absolute Gasteiger partial charge is 0.311 e. The van der Waals surface area contributed by atoms with Crippen molar-refractivity contribution >= 4 is 34.7 Å². The molecule has 0 saturated carbocycles. The molecule has 0 N–H and O–H groups in total. The summed E-state index contributed by atoms with van der Waals surface area (Å²) in [5.74, 6) is 0.513. The Balaban J connectivity index is 1.68. The van der Waals surface area contributed by atoms with Crippen molar-refractivity contribution in [1.82, 2.24) is 0 Å². The maximum atomic E-state index is 13.1. The minimum Gasteiger partial charge on any atom is -0.311 e. The highest BCUT2D eigenvalue weighted by atomic mass is 32.2. The van der Waals surface area contributed by atoms with Crippen LogP contribution in [-0.4, -0.2) is 13.0 Å². The van der Waals surface area contributed by atoms with Crippen molar-refractivity contribution in [3.05, 3.63) is 70.9 Å². The molecule has 0 bridgehead atoms. The number of hydrogen-bond acceptors (Lipinski definition) is 3. The molecular weight excluding hydrogens is 341 g/mol. The number of rotatable bonds is 2. The van der Waals surface area contributed by atoms with E-state index in [1.165, 1.54) is 44.4 Å². The predicted octanol–water partition coefficient (Wildman–Crippen LogP) is 5.44. The predicted molar refractivity (Wildman–Crippen MR) is 98.4 cm³/mol. The van der Waals surface area contributed by atoms with Crippen LogP contribution in [-0.2, 0) is 5.75 Å². The number of benzene rings is 2. The Morgan fingerprint density at radius 2 is 1.88 bits per heavy atom. The summed E-state index contributed by atoms with van der Waals surface area (Å²) in [7, 11) is 1.72. The van der Waals surface area contributed by atoms with Crippen molar-refractivity contribution in [3.8, 4) is 10.4 Å². The van der Waals surface area contributed by atoms with E-state index in [1.807, 2.05) is 18.2 Å². The second-order valence-electron chi connectivity index (χ2n) is 5.59. The molecule has 1 aliphatic heterocycles. The molecule has 0 aliphatic carbocycles. The molecule has 0 fully saturated rings. The van der Waals surface area contributed by atoms with E-state index >= 15 is 0 Å². The monoisotopic (exact) mass is 355 g/mol. The topological polar surface area (TPSA) is 20.3 Å². The summed E-state index contributed by atoms with van der Waals surface area (Å²) in [6.07, 6.45) is 0. The molecule has 24 heavy (non-hydrogen) atoms. The van der Waals surface area contributed by atoms with Crippen molar-refractivity contribution in [1.29, 1.82) is 0 Å². The van der Waals surface area contributed by atoms with E-state index in [-0.39, 0.29) is 11.7 Å². The number of anilines is 1. The van der Waals surface area contributed by atoms with Crippen molar-refractivity contribution in [2.75, 3.05) is 11.9 Å². The lowest BCUT2D eigenvalue weighted by Crippen LogP contribution is -2.25. The highest BCUT2D eigenvalue weighted by Gasteiger charge is 2.23. The number of thioether (sulfide) groups is 1. The first-order valence-corrected chi connectivity index (χ1v) is 9.32. The third-order valence-electron chi connectivity index (χ3n) is 4.05. The van der Waals surface area contributed by atoms with Gasteiger partial charge in [-0.2, -0.15) is 0 Å². The van der Waals surface area contributed by atoms with Crippen LogP contribution in [0.15, 0.2) is 59.5 Å². The number of carbonyl (C=O) groups excluding carboxylic acids is 1. The molecule has 0 saturated heterocycles. The van der Waals surface area contributed by atoms with Gasteiger partial charge in [0, 0.05) is 33.8 Å². The first-order chi connectivity index (χ1) is 11.6. The number of halogens is 1. The molecule has 0 unspecified atom stereocenters. The van der Waals surface area contributed by atoms with Gasteiger partial charge in [-0.05, 0) is 42.0 Å². The summed E-state index contributed by atoms with van der Waals surface area (Å²) in [5.41, 5.74) is 3.10. The van der Waals surface area contributed by atoms with Crippen LogP contribution in [0, 0.1) is 5.82 Å². The van der Waals surface area contributed by atoms with E-state index < -0.39 is 0 Å². The molecule has 2 nitrogen and oxygen atoms in total. The summed E-state index contributed by atoms with van der Waals surface area (Å²) in [4.78, 5) is 17.5. The van der Waals surface area contributed by atoms with E-state index in [1.54, 1.807) is 35.8 Å². The Kier molecular flexibility index (Phi) is 3.90. The highest BCUT2D eigenvalue weighted by Crippen LogP contribution is 2.45. The quantitative estimate of drug-likeness (QED) is 0.610. The van der Waals surface area contributed by atoms with Crippen LogP contribution < -0.4 is 4.90 Å². The standard InChI is InChI=1S/C19H14FNOS2/c1-21(14-8-6-13(20)7-9-14)19(22)17-10-12-11-23-16-5-3-2-4-15(16)18(12)24-17/h2-10H,11H2,1H3. The lowest BCUT2D eigenvalue weighted by Gasteiger charge is -2.16. The number of amides is 1. The van der Waals surface area contributed by atoms with Gasteiger partial charge < -0.3 is 4.90 Å². The van der Waals surface area contributed by atoms with Gasteiger partial charge in [0.25, 0.3) is 5.91 Å².